The van der Waals surface area contributed by atoms with Crippen LogP contribution in [0.5, 0.6) is 0 Å². The fraction of sp³-hybridized carbons (Fsp3) is 0.429. The van der Waals surface area contributed by atoms with Crippen molar-refractivity contribution in [3.8, 4) is 0 Å². The number of allylic oxidation sites excluding steroid dienone is 4. The summed E-state index contributed by atoms with van der Waals surface area (Å²) < 4.78 is 0. The molecule has 0 N–H and O–H groups in total. The fourth-order valence-electron chi connectivity index (χ4n) is 2.12. The van der Waals surface area contributed by atoms with E-state index >= 15 is 0 Å². The maximum atomic E-state index is 4.30. The van der Waals surface area contributed by atoms with Crippen LogP contribution in [0.4, 0.5) is 0 Å². The van der Waals surface area contributed by atoms with Gasteiger partial charge in [-0.15, -0.1) is 0 Å². The van der Waals surface area contributed by atoms with Gasteiger partial charge in [0.2, 0.25) is 0 Å². The van der Waals surface area contributed by atoms with E-state index in [0.717, 1.165) is 35.9 Å². The van der Waals surface area contributed by atoms with Crippen molar-refractivity contribution in [1.29, 1.82) is 0 Å². The maximum absolute atomic E-state index is 4.30. The maximum Gasteiger partial charge on any atom is 0.00885 e. The Morgan fingerprint density at radius 3 is 0.944 bits per heavy atom. The summed E-state index contributed by atoms with van der Waals surface area (Å²) in [5, 5.41) is 0. The highest BCUT2D eigenvalue weighted by atomic mass is 32.1. The van der Waals surface area contributed by atoms with Gasteiger partial charge in [-0.25, -0.2) is 0 Å². The third-order valence-corrected chi connectivity index (χ3v) is 3.67. The van der Waals surface area contributed by atoms with Crippen LogP contribution < -0.4 is 0 Å². The second-order valence-corrected chi connectivity index (χ2v) is 5.46. The highest BCUT2D eigenvalue weighted by molar-refractivity contribution is 7.80. The van der Waals surface area contributed by atoms with Gasteiger partial charge in [-0.3, -0.25) is 0 Å². The van der Waals surface area contributed by atoms with Crippen LogP contribution in [0, 0.1) is 0 Å². The van der Waals surface area contributed by atoms with Crippen molar-refractivity contribution in [2.75, 3.05) is 23.0 Å². The first-order chi connectivity index (χ1) is 8.76. The van der Waals surface area contributed by atoms with Crippen molar-refractivity contribution in [2.24, 2.45) is 0 Å². The zero-order valence-electron chi connectivity index (χ0n) is 10.3. The number of thiol groups is 4. The quantitative estimate of drug-likeness (QED) is 0.549. The number of hydrogen-bond donors (Lipinski definition) is 4. The molecule has 4 heteroatoms. The summed E-state index contributed by atoms with van der Waals surface area (Å²) in [5.41, 5.74) is 5.51. The molecule has 0 radical (unpaired) electrons. The lowest BCUT2D eigenvalue weighted by atomic mass is 9.81. The Morgan fingerprint density at radius 1 is 0.556 bits per heavy atom. The summed E-state index contributed by atoms with van der Waals surface area (Å²) in [6, 6.07) is 0. The highest BCUT2D eigenvalue weighted by Gasteiger charge is 2.18. The van der Waals surface area contributed by atoms with Crippen LogP contribution in [0.2, 0.25) is 0 Å². The molecule has 0 spiro atoms. The van der Waals surface area contributed by atoms with E-state index in [1.165, 1.54) is 22.3 Å². The van der Waals surface area contributed by atoms with E-state index in [1.54, 1.807) is 0 Å². The molecule has 1 aliphatic rings. The van der Waals surface area contributed by atoms with Crippen molar-refractivity contribution in [3.63, 3.8) is 0 Å². The standard InChI is InChI=1S/C14H20S4/c15-5-1-11-9-13(3-7-17)14(4-8-18)10-12(11)2-6-16/h1-4,15-18H,5-10H2. The predicted octanol–water partition coefficient (Wildman–Crippen LogP) is 4.21. The van der Waals surface area contributed by atoms with Crippen molar-refractivity contribution in [3.05, 3.63) is 46.6 Å². The first-order valence-electron chi connectivity index (χ1n) is 5.97. The lowest BCUT2D eigenvalue weighted by molar-refractivity contribution is 0.961. The average molecular weight is 317 g/mol. The Kier molecular flexibility index (Phi) is 8.47. The van der Waals surface area contributed by atoms with Crippen LogP contribution in [0.1, 0.15) is 12.8 Å². The van der Waals surface area contributed by atoms with Gasteiger partial charge in [-0.05, 0) is 35.1 Å². The predicted molar refractivity (Wildman–Crippen MR) is 97.0 cm³/mol. The largest absolute Gasteiger partial charge is 0.175 e. The van der Waals surface area contributed by atoms with E-state index in [2.05, 4.69) is 74.8 Å². The highest BCUT2D eigenvalue weighted by Crippen LogP contribution is 2.36. The molecule has 1 fully saturated rings. The van der Waals surface area contributed by atoms with Crippen molar-refractivity contribution >= 4 is 50.5 Å². The van der Waals surface area contributed by atoms with Gasteiger partial charge in [-0.2, -0.15) is 50.5 Å². The monoisotopic (exact) mass is 316 g/mol. The summed E-state index contributed by atoms with van der Waals surface area (Å²) >= 11 is 17.2. The molecule has 0 heterocycles. The van der Waals surface area contributed by atoms with Crippen LogP contribution in [-0.4, -0.2) is 23.0 Å². The molecule has 0 unspecified atom stereocenters. The number of hydrogen-bond acceptors (Lipinski definition) is 4. The van der Waals surface area contributed by atoms with Gasteiger partial charge in [0.1, 0.15) is 0 Å². The minimum atomic E-state index is 0.777. The molecule has 0 bridgehead atoms. The van der Waals surface area contributed by atoms with E-state index in [-0.39, 0.29) is 0 Å². The molecule has 0 aliphatic heterocycles. The van der Waals surface area contributed by atoms with Gasteiger partial charge in [0.25, 0.3) is 0 Å². The average Bonchev–Trinajstić information content (AvgIpc) is 2.35. The molecular formula is C14H20S4. The fourth-order valence-corrected chi connectivity index (χ4v) is 3.00. The Morgan fingerprint density at radius 2 is 0.778 bits per heavy atom. The van der Waals surface area contributed by atoms with E-state index in [0.29, 0.717) is 0 Å². The van der Waals surface area contributed by atoms with Crippen LogP contribution in [0.3, 0.4) is 0 Å². The third kappa shape index (κ3) is 4.80. The minimum Gasteiger partial charge on any atom is -0.175 e. The van der Waals surface area contributed by atoms with Crippen molar-refractivity contribution in [2.45, 2.75) is 12.8 Å². The Hall–Kier alpha value is 0.360. The first-order valence-corrected chi connectivity index (χ1v) is 8.50. The molecule has 18 heavy (non-hydrogen) atoms. The summed E-state index contributed by atoms with van der Waals surface area (Å²) in [5.74, 6) is 3.11. The second-order valence-electron chi connectivity index (χ2n) is 4.00. The zero-order valence-corrected chi connectivity index (χ0v) is 13.9. The molecule has 0 aromatic rings. The molecule has 1 saturated carbocycles. The Balaban J connectivity index is 3.07. The van der Waals surface area contributed by atoms with Crippen LogP contribution in [-0.2, 0) is 0 Å². The van der Waals surface area contributed by atoms with Gasteiger partial charge in [-0.1, -0.05) is 24.3 Å². The molecule has 0 atom stereocenters. The molecule has 0 saturated heterocycles. The van der Waals surface area contributed by atoms with Gasteiger partial charge in [0, 0.05) is 23.0 Å². The molecule has 0 aromatic carbocycles. The summed E-state index contributed by atoms with van der Waals surface area (Å²) in [6.45, 7) is 0. The Bertz CT molecular complexity index is 315. The van der Waals surface area contributed by atoms with Gasteiger partial charge >= 0.3 is 0 Å². The van der Waals surface area contributed by atoms with E-state index in [9.17, 15) is 0 Å². The van der Waals surface area contributed by atoms with Crippen LogP contribution >= 0.6 is 50.5 Å². The molecule has 100 valence electrons. The van der Waals surface area contributed by atoms with Crippen LogP contribution in [0.15, 0.2) is 46.6 Å². The lowest BCUT2D eigenvalue weighted by Gasteiger charge is -2.24. The van der Waals surface area contributed by atoms with Gasteiger partial charge in [0.15, 0.2) is 0 Å². The SMILES string of the molecule is SCC=C1CC(=CCS)C(=CCS)CC1=CCS. The topological polar surface area (TPSA) is 0 Å². The molecular weight excluding hydrogens is 296 g/mol. The molecule has 1 rings (SSSR count). The second kappa shape index (κ2) is 9.29. The van der Waals surface area contributed by atoms with E-state index < -0.39 is 0 Å². The summed E-state index contributed by atoms with van der Waals surface area (Å²) in [6.07, 6.45) is 10.7. The first kappa shape index (κ1) is 16.4. The summed E-state index contributed by atoms with van der Waals surface area (Å²) in [7, 11) is 0. The third-order valence-electron chi connectivity index (χ3n) is 2.94. The molecule has 0 nitrogen and oxygen atoms in total. The zero-order chi connectivity index (χ0) is 13.4. The lowest BCUT2D eigenvalue weighted by Crippen LogP contribution is -2.07. The Labute approximate surface area is 132 Å². The van der Waals surface area contributed by atoms with Crippen molar-refractivity contribution < 1.29 is 0 Å². The summed E-state index contributed by atoms with van der Waals surface area (Å²) in [4.78, 5) is 0. The van der Waals surface area contributed by atoms with Crippen molar-refractivity contribution in [1.82, 2.24) is 0 Å². The minimum absolute atomic E-state index is 0.777. The van der Waals surface area contributed by atoms with Crippen LogP contribution in [0.25, 0.3) is 0 Å². The van der Waals surface area contributed by atoms with Gasteiger partial charge < -0.3 is 0 Å². The smallest absolute Gasteiger partial charge is 0.00885 e. The number of rotatable bonds is 4. The van der Waals surface area contributed by atoms with E-state index in [4.69, 9.17) is 0 Å². The normalized spacial score (nSPS) is 25.6. The molecule has 0 aromatic heterocycles. The van der Waals surface area contributed by atoms with Gasteiger partial charge in [0.05, 0.1) is 0 Å². The van der Waals surface area contributed by atoms with E-state index in [1.807, 2.05) is 0 Å². The molecule has 1 aliphatic carbocycles. The molecule has 0 amide bonds.